The number of nitrogens with zero attached hydrogens (tertiary/aromatic N) is 6. The molecule has 0 aliphatic carbocycles. The Balaban J connectivity index is 1.37. The Morgan fingerprint density at radius 2 is 2.22 bits per heavy atom. The van der Waals surface area contributed by atoms with Gasteiger partial charge in [-0.25, -0.2) is 14.4 Å². The van der Waals surface area contributed by atoms with Gasteiger partial charge in [-0.2, -0.15) is 4.83 Å². The van der Waals surface area contributed by atoms with E-state index in [4.69, 9.17) is 16.3 Å². The molecule has 5 rings (SSSR count). The maximum Gasteiger partial charge on any atom is 0.352 e. The number of oxime groups is 1. The summed E-state index contributed by atoms with van der Waals surface area (Å²) in [6.45, 7) is 0.217. The predicted molar refractivity (Wildman–Crippen MR) is 129 cm³/mol. The lowest BCUT2D eigenvalue weighted by Gasteiger charge is -2.49. The quantitative estimate of drug-likeness (QED) is 0.0718. The van der Waals surface area contributed by atoms with Crippen LogP contribution in [0.1, 0.15) is 0 Å². The summed E-state index contributed by atoms with van der Waals surface area (Å²) in [5.41, 5.74) is 12.8. The molecule has 0 bridgehead atoms. The van der Waals surface area contributed by atoms with Crippen LogP contribution in [0.3, 0.4) is 0 Å². The summed E-state index contributed by atoms with van der Waals surface area (Å²) in [6.07, 6.45) is 4.77. The van der Waals surface area contributed by atoms with Crippen LogP contribution in [-0.4, -0.2) is 72.5 Å². The lowest BCUT2D eigenvalue weighted by Crippen LogP contribution is -2.71. The number of thioether (sulfide) groups is 1. The number of amidine groups is 1. The topological polar surface area (TPSA) is 197 Å². The summed E-state index contributed by atoms with van der Waals surface area (Å²) in [7, 11) is 1.28. The van der Waals surface area contributed by atoms with E-state index in [1.165, 1.54) is 39.5 Å². The number of hydrogen-bond acceptors (Lipinski definition) is 11. The van der Waals surface area contributed by atoms with Crippen LogP contribution in [0.5, 0.6) is 0 Å². The molecule has 7 N–H and O–H groups in total. The lowest BCUT2D eigenvalue weighted by atomic mass is 10.0. The molecule has 188 valence electrons. The van der Waals surface area contributed by atoms with Crippen molar-refractivity contribution in [1.82, 2.24) is 29.7 Å². The van der Waals surface area contributed by atoms with Gasteiger partial charge in [0.05, 0.1) is 24.7 Å². The van der Waals surface area contributed by atoms with Gasteiger partial charge in [0.2, 0.25) is 5.82 Å². The number of carbonyl (C=O) groups excluding carboxylic acids is 2. The Morgan fingerprint density at radius 1 is 1.42 bits per heavy atom. The molecule has 3 aliphatic heterocycles. The molecule has 5 heterocycles. The molecule has 0 unspecified atom stereocenters. The number of carboxylic acids is 1. The van der Waals surface area contributed by atoms with E-state index in [1.54, 1.807) is 29.1 Å². The highest BCUT2D eigenvalue weighted by atomic mass is 32.2. The molecular weight excluding hydrogens is 512 g/mol. The molecule has 2 aromatic rings. The number of β-lactam (4-membered cyclic amide) rings is 1. The van der Waals surface area contributed by atoms with Gasteiger partial charge in [-0.3, -0.25) is 14.5 Å². The van der Waals surface area contributed by atoms with Crippen LogP contribution in [0, 0.1) is 0 Å². The van der Waals surface area contributed by atoms with E-state index >= 15 is 0 Å². The first-order valence-electron chi connectivity index (χ1n) is 10.4. The Bertz CT molecular complexity index is 1370. The second-order valence-corrected chi connectivity index (χ2v) is 9.74. The minimum atomic E-state index is -1.23. The third-order valence-electron chi connectivity index (χ3n) is 5.61. The molecule has 15 nitrogen and oxygen atoms in total. The van der Waals surface area contributed by atoms with Crippen LogP contribution >= 0.6 is 23.7 Å². The number of aliphatic carboxylic acids is 1. The third kappa shape index (κ3) is 3.95. The summed E-state index contributed by atoms with van der Waals surface area (Å²) in [5, 5.41) is 21.5. The number of fused-ring (bicyclic) bond motifs is 2. The molecule has 0 aromatic carbocycles. The first-order chi connectivity index (χ1) is 17.3. The van der Waals surface area contributed by atoms with Crippen molar-refractivity contribution < 1.29 is 28.9 Å². The summed E-state index contributed by atoms with van der Waals surface area (Å²) < 4.78 is 3.34. The van der Waals surface area contributed by atoms with E-state index in [1.807, 2.05) is 0 Å². The van der Waals surface area contributed by atoms with Crippen LogP contribution in [0.25, 0.3) is 5.65 Å². The summed E-state index contributed by atoms with van der Waals surface area (Å²) >= 11 is 2.43. The average molecular weight is 534 g/mol. The first-order valence-corrected chi connectivity index (χ1v) is 12.3. The van der Waals surface area contributed by atoms with Gasteiger partial charge in [0.25, 0.3) is 17.6 Å². The zero-order valence-corrected chi connectivity index (χ0v) is 20.3. The number of nitrogens with two attached hydrogens (primary N) is 2. The number of carbonyl (C=O) groups is 3. The number of anilines is 1. The van der Waals surface area contributed by atoms with Crippen molar-refractivity contribution in [3.63, 3.8) is 0 Å². The van der Waals surface area contributed by atoms with Crippen LogP contribution < -0.4 is 26.2 Å². The zero-order valence-electron chi connectivity index (χ0n) is 18.7. The summed E-state index contributed by atoms with van der Waals surface area (Å²) in [5.74, 6) is -1.86. The van der Waals surface area contributed by atoms with Gasteiger partial charge >= 0.3 is 11.6 Å². The highest BCUT2D eigenvalue weighted by Gasteiger charge is 2.54. The van der Waals surface area contributed by atoms with Crippen LogP contribution in [-0.2, 0) is 25.8 Å². The molecule has 17 heteroatoms. The molecule has 1 saturated heterocycles. The highest BCUT2D eigenvalue weighted by Crippen LogP contribution is 2.40. The molecule has 36 heavy (non-hydrogen) atoms. The van der Waals surface area contributed by atoms with Crippen molar-refractivity contribution in [2.45, 2.75) is 18.0 Å². The van der Waals surface area contributed by atoms with Crippen molar-refractivity contribution >= 4 is 58.8 Å². The van der Waals surface area contributed by atoms with Gasteiger partial charge in [0, 0.05) is 17.4 Å². The van der Waals surface area contributed by atoms with Crippen LogP contribution in [0.4, 0.5) is 5.82 Å². The molecule has 2 amide bonds. The van der Waals surface area contributed by atoms with Crippen molar-refractivity contribution in [2.75, 3.05) is 18.6 Å². The molecule has 1 fully saturated rings. The summed E-state index contributed by atoms with van der Waals surface area (Å²) in [6, 6.07) is 2.48. The molecular formula is C19H21N10O5S2+. The number of nitrogens with one attached hydrogen (secondary N) is 2. The Labute approximate surface area is 211 Å². The fourth-order valence-corrected chi connectivity index (χ4v) is 5.88. The maximum atomic E-state index is 13.0. The maximum absolute atomic E-state index is 13.0. The highest BCUT2D eigenvalue weighted by molar-refractivity contribution is 8.01. The Kier molecular flexibility index (Phi) is 6.10. The number of carboxylic acid groups (broad SMARTS) is 1. The number of nitrogen functional groups attached to an aromatic ring is 1. The van der Waals surface area contributed by atoms with Gasteiger partial charge in [0.1, 0.15) is 35.8 Å². The molecule has 0 saturated carbocycles. The van der Waals surface area contributed by atoms with Gasteiger partial charge < -0.3 is 26.7 Å². The van der Waals surface area contributed by atoms with Crippen molar-refractivity contribution in [2.24, 2.45) is 10.9 Å². The van der Waals surface area contributed by atoms with E-state index in [2.05, 4.69) is 20.4 Å². The molecule has 2 atom stereocenters. The largest absolute Gasteiger partial charge is 0.477 e. The van der Waals surface area contributed by atoms with Crippen molar-refractivity contribution in [3.05, 3.63) is 47.0 Å². The van der Waals surface area contributed by atoms with E-state index in [9.17, 15) is 19.5 Å². The first kappa shape index (κ1) is 23.8. The Hall–Kier alpha value is -3.96. The van der Waals surface area contributed by atoms with Crippen molar-refractivity contribution in [1.29, 1.82) is 0 Å². The van der Waals surface area contributed by atoms with Gasteiger partial charge in [-0.15, -0.1) is 11.8 Å². The van der Waals surface area contributed by atoms with E-state index in [0.717, 1.165) is 11.9 Å². The van der Waals surface area contributed by atoms with E-state index < -0.39 is 29.2 Å². The van der Waals surface area contributed by atoms with Crippen LogP contribution in [0.2, 0.25) is 0 Å². The van der Waals surface area contributed by atoms with Gasteiger partial charge in [-0.1, -0.05) is 14.8 Å². The molecule has 2 aromatic heterocycles. The van der Waals surface area contributed by atoms with E-state index in [0.29, 0.717) is 27.8 Å². The van der Waals surface area contributed by atoms with E-state index in [-0.39, 0.29) is 18.1 Å². The monoisotopic (exact) mass is 533 g/mol. The number of hydrazine groups is 1. The number of hydrogen-bond donors (Lipinski definition) is 5. The average Bonchev–Trinajstić information content (AvgIpc) is 3.52. The second-order valence-electron chi connectivity index (χ2n) is 7.78. The summed E-state index contributed by atoms with van der Waals surface area (Å²) in [4.78, 5) is 46.9. The SMILES string of the molecule is CON=C(C(=O)N[C@@H]1C(=O)N2C(C(=O)O)=C(C[n+]3ccc(N)n4nccc43)CS[C@@H]12)N1C=C(N)SN1. The van der Waals surface area contributed by atoms with Gasteiger partial charge in [0.15, 0.2) is 0 Å². The normalized spacial score (nSPS) is 21.9. The third-order valence-corrected chi connectivity index (χ3v) is 7.58. The standard InChI is InChI=1S/C19H20N10O5S2/c1-34-24-15(27-7-11(21)36-25-27)16(30)23-13-17(31)28-14(19(32)33)9(8-35-18(13)28)6-26-5-3-10(20)29-12(26)2-4-22-29/h2-5,7,13,18,20,25H,6,8,21H2,1H3,(H2,23,30,32,33)/p+1/t13-,18+/m1/s1. The second kappa shape index (κ2) is 9.25. The molecule has 0 radical (unpaired) electrons. The van der Waals surface area contributed by atoms with Crippen molar-refractivity contribution in [3.8, 4) is 0 Å². The zero-order chi connectivity index (χ0) is 25.6. The minimum Gasteiger partial charge on any atom is -0.477 e. The molecule has 3 aliphatic rings. The van der Waals surface area contributed by atoms with Crippen LogP contribution in [0.15, 0.2) is 52.2 Å². The smallest absolute Gasteiger partial charge is 0.352 e. The molecule has 0 spiro atoms. The van der Waals surface area contributed by atoms with Gasteiger partial charge in [-0.05, 0) is 11.9 Å². The Morgan fingerprint density at radius 3 is 2.92 bits per heavy atom. The number of amides is 2. The number of rotatable bonds is 5. The predicted octanol–water partition coefficient (Wildman–Crippen LogP) is -1.87. The lowest BCUT2D eigenvalue weighted by molar-refractivity contribution is -0.666. The number of aromatic nitrogens is 3. The fraction of sp³-hybridized carbons (Fsp3) is 0.263. The fourth-order valence-electron chi connectivity index (χ4n) is 4.04. The minimum absolute atomic E-state index is 0.102.